The third-order valence-corrected chi connectivity index (χ3v) is 0.365. The predicted octanol–water partition coefficient (Wildman–Crippen LogP) is -0.542. The van der Waals surface area contributed by atoms with Crippen LogP contribution in [0.25, 0.3) is 0 Å². The van der Waals surface area contributed by atoms with E-state index in [-0.39, 0.29) is 25.8 Å². The van der Waals surface area contributed by atoms with Crippen LogP contribution in [-0.4, -0.2) is 48.4 Å². The Morgan fingerprint density at radius 1 is 0.833 bits per heavy atom. The summed E-state index contributed by atoms with van der Waals surface area (Å²) in [4.78, 5) is 0. The van der Waals surface area contributed by atoms with Gasteiger partial charge < -0.3 is 20.4 Å². The molecule has 0 heterocycles. The van der Waals surface area contributed by atoms with Crippen molar-refractivity contribution in [2.24, 2.45) is 5.92 Å². The van der Waals surface area contributed by atoms with Crippen molar-refractivity contribution < 1.29 is 46.3 Å². The topological polar surface area (TPSA) is 80.9 Å². The Kier molecular flexibility index (Phi) is 148. The molecule has 0 bridgehead atoms. The van der Waals surface area contributed by atoms with Crippen LogP contribution in [0.15, 0.2) is 0 Å². The van der Waals surface area contributed by atoms with Crippen molar-refractivity contribution in [1.29, 1.82) is 0 Å². The maximum atomic E-state index is 8.14. The SMILES string of the molecule is CC(C)CO.CO.CO.CO.[Hf]. The van der Waals surface area contributed by atoms with Gasteiger partial charge in [-0.2, -0.15) is 0 Å². The van der Waals surface area contributed by atoms with Gasteiger partial charge in [-0.25, -0.2) is 0 Å². The average Bonchev–Trinajstić information content (AvgIpc) is 2.15. The number of aliphatic hydroxyl groups excluding tert-OH is 4. The smallest absolute Gasteiger partial charge is 0.0453 e. The summed E-state index contributed by atoms with van der Waals surface area (Å²) in [6, 6.07) is 0. The van der Waals surface area contributed by atoms with Crippen molar-refractivity contribution in [1.82, 2.24) is 0 Å². The molecule has 0 fully saturated rings. The first kappa shape index (κ1) is 29.3. The summed E-state index contributed by atoms with van der Waals surface area (Å²) in [6.45, 7) is 4.25. The van der Waals surface area contributed by atoms with E-state index in [1.54, 1.807) is 0 Å². The van der Waals surface area contributed by atoms with Crippen molar-refractivity contribution in [2.75, 3.05) is 27.9 Å². The van der Waals surface area contributed by atoms with Crippen LogP contribution in [0.5, 0.6) is 0 Å². The minimum Gasteiger partial charge on any atom is -0.400 e. The van der Waals surface area contributed by atoms with E-state index in [1.165, 1.54) is 0 Å². The molecule has 0 aromatic rings. The molecular weight excluding hydrogens is 327 g/mol. The van der Waals surface area contributed by atoms with E-state index in [9.17, 15) is 0 Å². The maximum Gasteiger partial charge on any atom is 0.0453 e. The fourth-order valence-electron chi connectivity index (χ4n) is 0. The second-order valence-electron chi connectivity index (χ2n) is 1.58. The Bertz CT molecular complexity index is 29.4. The standard InChI is InChI=1S/C4H10O.3CH4O.Hf/c1-4(2)3-5;3*1-2;/h4-5H,3H2,1-2H3;3*2H,1H3;. The van der Waals surface area contributed by atoms with Crippen molar-refractivity contribution >= 4 is 0 Å². The van der Waals surface area contributed by atoms with Gasteiger partial charge in [-0.3, -0.25) is 0 Å². The third-order valence-electron chi connectivity index (χ3n) is 0.365. The Hall–Kier alpha value is 0.710. The molecule has 4 N–H and O–H groups in total. The zero-order valence-electron chi connectivity index (χ0n) is 8.57. The van der Waals surface area contributed by atoms with E-state index in [4.69, 9.17) is 20.4 Å². The largest absolute Gasteiger partial charge is 0.400 e. The molecule has 0 radical (unpaired) electrons. The molecule has 5 heteroatoms. The maximum absolute atomic E-state index is 8.14. The molecule has 0 aliphatic heterocycles. The van der Waals surface area contributed by atoms with E-state index in [1.807, 2.05) is 13.8 Å². The summed E-state index contributed by atoms with van der Waals surface area (Å²) in [5, 5.41) is 29.1. The van der Waals surface area contributed by atoms with Crippen LogP contribution >= 0.6 is 0 Å². The first-order valence-electron chi connectivity index (χ1n) is 3.22. The average molecular weight is 349 g/mol. The van der Waals surface area contributed by atoms with Crippen LogP contribution in [0.3, 0.4) is 0 Å². The van der Waals surface area contributed by atoms with E-state index < -0.39 is 0 Å². The molecule has 0 unspecified atom stereocenters. The summed E-state index contributed by atoms with van der Waals surface area (Å²) >= 11 is 0. The molecule has 0 atom stereocenters. The van der Waals surface area contributed by atoms with Gasteiger partial charge in [0.1, 0.15) is 0 Å². The van der Waals surface area contributed by atoms with Crippen molar-refractivity contribution in [2.45, 2.75) is 13.8 Å². The number of hydrogen-bond acceptors (Lipinski definition) is 4. The molecule has 0 aliphatic rings. The van der Waals surface area contributed by atoms with Crippen LogP contribution in [0.1, 0.15) is 13.8 Å². The minimum atomic E-state index is 0. The molecule has 0 aromatic carbocycles. The number of hydrogen-bond donors (Lipinski definition) is 4. The second-order valence-corrected chi connectivity index (χ2v) is 1.58. The van der Waals surface area contributed by atoms with Gasteiger partial charge in [0, 0.05) is 53.8 Å². The van der Waals surface area contributed by atoms with Crippen molar-refractivity contribution in [3.63, 3.8) is 0 Å². The van der Waals surface area contributed by atoms with E-state index in [2.05, 4.69) is 0 Å². The summed E-state index contributed by atoms with van der Waals surface area (Å²) in [5.41, 5.74) is 0. The van der Waals surface area contributed by atoms with Gasteiger partial charge >= 0.3 is 0 Å². The Morgan fingerprint density at radius 3 is 0.917 bits per heavy atom. The Morgan fingerprint density at radius 2 is 0.917 bits per heavy atom. The van der Waals surface area contributed by atoms with E-state index in [0.29, 0.717) is 12.5 Å². The molecule has 4 nitrogen and oxygen atoms in total. The van der Waals surface area contributed by atoms with Gasteiger partial charge in [0.15, 0.2) is 0 Å². The Labute approximate surface area is 94.0 Å². The normalized spacial score (nSPS) is 5.50. The van der Waals surface area contributed by atoms with E-state index in [0.717, 1.165) is 21.3 Å². The molecular formula is C7H22HfO4. The monoisotopic (exact) mass is 350 g/mol. The van der Waals surface area contributed by atoms with E-state index >= 15 is 0 Å². The fraction of sp³-hybridized carbons (Fsp3) is 1.00. The quantitative estimate of drug-likeness (QED) is 0.480. The Balaban J connectivity index is -0.0000000203. The van der Waals surface area contributed by atoms with Crippen molar-refractivity contribution in [3.8, 4) is 0 Å². The van der Waals surface area contributed by atoms with Crippen LogP contribution < -0.4 is 0 Å². The van der Waals surface area contributed by atoms with Gasteiger partial charge in [-0.05, 0) is 5.92 Å². The molecule has 0 aliphatic carbocycles. The first-order valence-corrected chi connectivity index (χ1v) is 3.22. The number of rotatable bonds is 1. The first-order chi connectivity index (χ1) is 5.27. The molecule has 78 valence electrons. The predicted molar refractivity (Wildman–Crippen MR) is 46.4 cm³/mol. The van der Waals surface area contributed by atoms with Crippen molar-refractivity contribution in [3.05, 3.63) is 0 Å². The second kappa shape index (κ2) is 60.5. The summed E-state index contributed by atoms with van der Waals surface area (Å²) in [5.74, 6) is 0.440. The zero-order chi connectivity index (χ0) is 10.3. The zero-order valence-corrected chi connectivity index (χ0v) is 12.2. The molecule has 12 heavy (non-hydrogen) atoms. The molecule has 0 rings (SSSR count). The van der Waals surface area contributed by atoms with Gasteiger partial charge in [-0.1, -0.05) is 13.8 Å². The molecule has 0 amide bonds. The molecule has 0 spiro atoms. The van der Waals surface area contributed by atoms with Gasteiger partial charge in [0.2, 0.25) is 0 Å². The summed E-state index contributed by atoms with van der Waals surface area (Å²) < 4.78 is 0. The number of aliphatic hydroxyl groups is 4. The third kappa shape index (κ3) is 137. The molecule has 0 saturated heterocycles. The van der Waals surface area contributed by atoms with Crippen LogP contribution in [-0.2, 0) is 25.8 Å². The van der Waals surface area contributed by atoms with Gasteiger partial charge in [0.25, 0.3) is 0 Å². The fourth-order valence-corrected chi connectivity index (χ4v) is 0. The van der Waals surface area contributed by atoms with Crippen LogP contribution in [0.4, 0.5) is 0 Å². The summed E-state index contributed by atoms with van der Waals surface area (Å²) in [6.07, 6.45) is 0. The molecule has 0 aromatic heterocycles. The minimum absolute atomic E-state index is 0. The van der Waals surface area contributed by atoms with Gasteiger partial charge in [-0.15, -0.1) is 0 Å². The molecule has 0 saturated carbocycles. The summed E-state index contributed by atoms with van der Waals surface area (Å²) in [7, 11) is 3.00. The van der Waals surface area contributed by atoms with Gasteiger partial charge in [0.05, 0.1) is 0 Å². The van der Waals surface area contributed by atoms with Crippen LogP contribution in [0.2, 0.25) is 0 Å². The van der Waals surface area contributed by atoms with Crippen LogP contribution in [0, 0.1) is 5.92 Å².